The molecule has 4 heteroatoms. The van der Waals surface area contributed by atoms with E-state index in [2.05, 4.69) is 12.1 Å². The lowest BCUT2D eigenvalue weighted by Gasteiger charge is -2.31. The standard InChI is InChI=1S/C16H14ClNOS/c1-18-14-8-7-11(17)9-13(14)15(10-16(18)19)20-12-5-3-2-4-6-12/h2-9,15H,10H2,1H3. The molecule has 0 spiro atoms. The van der Waals surface area contributed by atoms with Gasteiger partial charge < -0.3 is 4.90 Å². The van der Waals surface area contributed by atoms with Gasteiger partial charge in [-0.15, -0.1) is 11.8 Å². The Morgan fingerprint density at radius 1 is 1.20 bits per heavy atom. The lowest BCUT2D eigenvalue weighted by atomic mass is 10.0. The van der Waals surface area contributed by atoms with Crippen LogP contribution in [0.3, 0.4) is 0 Å². The molecule has 1 unspecified atom stereocenters. The number of halogens is 1. The quantitative estimate of drug-likeness (QED) is 0.812. The Hall–Kier alpha value is -1.45. The van der Waals surface area contributed by atoms with Crippen molar-refractivity contribution in [2.24, 2.45) is 0 Å². The minimum absolute atomic E-state index is 0.120. The first-order chi connectivity index (χ1) is 9.65. The number of hydrogen-bond acceptors (Lipinski definition) is 2. The van der Waals surface area contributed by atoms with E-state index in [1.54, 1.807) is 16.7 Å². The van der Waals surface area contributed by atoms with Crippen LogP contribution in [0.1, 0.15) is 17.2 Å². The molecule has 1 heterocycles. The minimum atomic E-state index is 0.120. The van der Waals surface area contributed by atoms with Crippen molar-refractivity contribution in [2.75, 3.05) is 11.9 Å². The maximum absolute atomic E-state index is 12.1. The second kappa shape index (κ2) is 5.51. The number of nitrogens with zero attached hydrogens (tertiary/aromatic N) is 1. The normalized spacial score (nSPS) is 18.0. The zero-order chi connectivity index (χ0) is 14.1. The summed E-state index contributed by atoms with van der Waals surface area (Å²) >= 11 is 7.83. The first kappa shape index (κ1) is 13.5. The number of carbonyl (C=O) groups is 1. The fourth-order valence-electron chi connectivity index (χ4n) is 2.40. The lowest BCUT2D eigenvalue weighted by molar-refractivity contribution is -0.118. The van der Waals surface area contributed by atoms with E-state index in [0.717, 1.165) is 11.3 Å². The molecule has 1 aliphatic rings. The molecule has 0 saturated heterocycles. The molecule has 0 N–H and O–H groups in total. The number of thioether (sulfide) groups is 1. The van der Waals surface area contributed by atoms with Crippen LogP contribution in [0, 0.1) is 0 Å². The Morgan fingerprint density at radius 3 is 2.70 bits per heavy atom. The summed E-state index contributed by atoms with van der Waals surface area (Å²) in [5, 5.41) is 0.833. The van der Waals surface area contributed by atoms with Crippen LogP contribution in [0.5, 0.6) is 0 Å². The van der Waals surface area contributed by atoms with E-state index in [1.165, 1.54) is 4.90 Å². The van der Waals surface area contributed by atoms with Crippen molar-refractivity contribution < 1.29 is 4.79 Å². The smallest absolute Gasteiger partial charge is 0.228 e. The predicted octanol–water partition coefficient (Wildman–Crippen LogP) is 4.54. The van der Waals surface area contributed by atoms with E-state index in [-0.39, 0.29) is 11.2 Å². The number of amides is 1. The van der Waals surface area contributed by atoms with E-state index in [4.69, 9.17) is 11.6 Å². The SMILES string of the molecule is CN1C(=O)CC(Sc2ccccc2)c2cc(Cl)ccc21. The fraction of sp³-hybridized carbons (Fsp3) is 0.188. The zero-order valence-electron chi connectivity index (χ0n) is 11.0. The highest BCUT2D eigenvalue weighted by Gasteiger charge is 2.29. The Balaban J connectivity index is 1.98. The van der Waals surface area contributed by atoms with Crippen LogP contribution in [-0.2, 0) is 4.79 Å². The third-order valence-electron chi connectivity index (χ3n) is 3.45. The van der Waals surface area contributed by atoms with Gasteiger partial charge in [-0.25, -0.2) is 0 Å². The Kier molecular flexibility index (Phi) is 3.72. The number of fused-ring (bicyclic) bond motifs is 1. The summed E-state index contributed by atoms with van der Waals surface area (Å²) in [7, 11) is 1.82. The van der Waals surface area contributed by atoms with Gasteiger partial charge in [0.05, 0.1) is 0 Å². The second-order valence-corrected chi connectivity index (χ2v) is 6.49. The van der Waals surface area contributed by atoms with Gasteiger partial charge in [0.2, 0.25) is 5.91 Å². The first-order valence-corrected chi connectivity index (χ1v) is 7.68. The number of anilines is 1. The van der Waals surface area contributed by atoms with Gasteiger partial charge in [-0.2, -0.15) is 0 Å². The average Bonchev–Trinajstić information content (AvgIpc) is 2.45. The van der Waals surface area contributed by atoms with Crippen molar-refractivity contribution >= 4 is 35.0 Å². The molecule has 2 aromatic carbocycles. The molecular formula is C16H14ClNOS. The topological polar surface area (TPSA) is 20.3 Å². The van der Waals surface area contributed by atoms with Gasteiger partial charge in [-0.05, 0) is 35.9 Å². The van der Waals surface area contributed by atoms with Crippen LogP contribution in [0.2, 0.25) is 5.02 Å². The summed E-state index contributed by atoms with van der Waals surface area (Å²) < 4.78 is 0. The zero-order valence-corrected chi connectivity index (χ0v) is 12.6. The molecule has 20 heavy (non-hydrogen) atoms. The molecule has 0 aliphatic carbocycles. The van der Waals surface area contributed by atoms with Crippen molar-refractivity contribution in [2.45, 2.75) is 16.6 Å². The Labute approximate surface area is 127 Å². The van der Waals surface area contributed by atoms with Crippen molar-refractivity contribution in [1.29, 1.82) is 0 Å². The van der Waals surface area contributed by atoms with E-state index in [1.807, 2.05) is 43.4 Å². The van der Waals surface area contributed by atoms with Crippen molar-refractivity contribution in [3.8, 4) is 0 Å². The summed E-state index contributed by atoms with van der Waals surface area (Å²) in [4.78, 5) is 15.0. The third kappa shape index (κ3) is 2.56. The highest BCUT2D eigenvalue weighted by atomic mass is 35.5. The molecule has 0 aromatic heterocycles. The van der Waals surface area contributed by atoms with Crippen LogP contribution >= 0.6 is 23.4 Å². The maximum atomic E-state index is 12.1. The van der Waals surface area contributed by atoms with E-state index in [9.17, 15) is 4.79 Å². The van der Waals surface area contributed by atoms with E-state index in [0.29, 0.717) is 11.4 Å². The molecule has 2 aromatic rings. The predicted molar refractivity (Wildman–Crippen MR) is 84.5 cm³/mol. The summed E-state index contributed by atoms with van der Waals surface area (Å²) in [6, 6.07) is 15.9. The van der Waals surface area contributed by atoms with E-state index < -0.39 is 0 Å². The number of hydrogen-bond donors (Lipinski definition) is 0. The van der Waals surface area contributed by atoms with E-state index >= 15 is 0 Å². The number of carbonyl (C=O) groups excluding carboxylic acids is 1. The highest BCUT2D eigenvalue weighted by molar-refractivity contribution is 7.99. The lowest BCUT2D eigenvalue weighted by Crippen LogP contribution is -2.32. The van der Waals surface area contributed by atoms with Crippen LogP contribution in [0.15, 0.2) is 53.4 Å². The molecule has 0 bridgehead atoms. The van der Waals surface area contributed by atoms with Crippen molar-refractivity contribution in [3.63, 3.8) is 0 Å². The maximum Gasteiger partial charge on any atom is 0.228 e. The molecule has 102 valence electrons. The van der Waals surface area contributed by atoms with Gasteiger partial charge in [-0.3, -0.25) is 4.79 Å². The molecule has 0 radical (unpaired) electrons. The van der Waals surface area contributed by atoms with Crippen molar-refractivity contribution in [3.05, 3.63) is 59.1 Å². The third-order valence-corrected chi connectivity index (χ3v) is 4.94. The highest BCUT2D eigenvalue weighted by Crippen LogP contribution is 2.45. The molecule has 0 fully saturated rings. The molecule has 1 amide bonds. The van der Waals surface area contributed by atoms with Gasteiger partial charge in [-0.1, -0.05) is 29.8 Å². The van der Waals surface area contributed by atoms with Crippen LogP contribution in [-0.4, -0.2) is 13.0 Å². The largest absolute Gasteiger partial charge is 0.315 e. The Bertz CT molecular complexity index is 644. The molecule has 1 atom stereocenters. The summed E-state index contributed by atoms with van der Waals surface area (Å²) in [6.45, 7) is 0. The van der Waals surface area contributed by atoms with Crippen LogP contribution in [0.25, 0.3) is 0 Å². The molecule has 2 nitrogen and oxygen atoms in total. The molecular weight excluding hydrogens is 290 g/mol. The van der Waals surface area contributed by atoms with Gasteiger partial charge in [0.15, 0.2) is 0 Å². The van der Waals surface area contributed by atoms with Crippen LogP contribution < -0.4 is 4.90 Å². The minimum Gasteiger partial charge on any atom is -0.315 e. The monoisotopic (exact) mass is 303 g/mol. The van der Waals surface area contributed by atoms with Gasteiger partial charge in [0.25, 0.3) is 0 Å². The van der Waals surface area contributed by atoms with Crippen molar-refractivity contribution in [1.82, 2.24) is 0 Å². The molecule has 1 aliphatic heterocycles. The number of rotatable bonds is 2. The number of benzene rings is 2. The molecule has 0 saturated carbocycles. The van der Waals surface area contributed by atoms with Gasteiger partial charge in [0, 0.05) is 34.3 Å². The average molecular weight is 304 g/mol. The molecule has 3 rings (SSSR count). The van der Waals surface area contributed by atoms with Gasteiger partial charge >= 0.3 is 0 Å². The van der Waals surface area contributed by atoms with Crippen LogP contribution in [0.4, 0.5) is 5.69 Å². The summed E-state index contributed by atoms with van der Waals surface area (Å²) in [6.07, 6.45) is 0.503. The second-order valence-electron chi connectivity index (χ2n) is 4.78. The fourth-order valence-corrected chi connectivity index (χ4v) is 3.76. The summed E-state index contributed by atoms with van der Waals surface area (Å²) in [5.41, 5.74) is 2.09. The summed E-state index contributed by atoms with van der Waals surface area (Å²) in [5.74, 6) is 0.147. The Morgan fingerprint density at radius 2 is 1.95 bits per heavy atom. The van der Waals surface area contributed by atoms with Gasteiger partial charge in [0.1, 0.15) is 0 Å². The first-order valence-electron chi connectivity index (χ1n) is 6.43.